The molecule has 0 aliphatic carbocycles. The van der Waals surface area contributed by atoms with Crippen molar-refractivity contribution < 1.29 is 18.3 Å². The van der Waals surface area contributed by atoms with Crippen LogP contribution in [0.25, 0.3) is 11.3 Å². The number of rotatable bonds is 7. The van der Waals surface area contributed by atoms with Crippen LogP contribution in [-0.2, 0) is 10.0 Å². The first-order chi connectivity index (χ1) is 16.7. The molecule has 0 atom stereocenters. The highest BCUT2D eigenvalue weighted by atomic mass is 32.2. The van der Waals surface area contributed by atoms with E-state index in [-0.39, 0.29) is 22.9 Å². The Balaban J connectivity index is 1.51. The molecule has 0 spiro atoms. The third-order valence-electron chi connectivity index (χ3n) is 5.74. The van der Waals surface area contributed by atoms with Gasteiger partial charge in [0.15, 0.2) is 0 Å². The van der Waals surface area contributed by atoms with Crippen molar-refractivity contribution >= 4 is 27.3 Å². The molecule has 1 heterocycles. The van der Waals surface area contributed by atoms with E-state index in [1.54, 1.807) is 43.3 Å². The molecule has 8 nitrogen and oxygen atoms in total. The Labute approximate surface area is 204 Å². The normalized spacial score (nSPS) is 11.3. The van der Waals surface area contributed by atoms with Crippen molar-refractivity contribution in [3.8, 4) is 17.0 Å². The van der Waals surface area contributed by atoms with Crippen molar-refractivity contribution in [1.29, 1.82) is 0 Å². The second kappa shape index (κ2) is 9.63. The maximum Gasteiger partial charge on any atom is 0.273 e. The maximum atomic E-state index is 13.1. The van der Waals surface area contributed by atoms with E-state index in [0.717, 1.165) is 11.1 Å². The summed E-state index contributed by atoms with van der Waals surface area (Å²) in [5.74, 6) is -0.359. The zero-order chi connectivity index (χ0) is 25.2. The number of aryl methyl sites for hydroxylation is 2. The molecule has 0 saturated heterocycles. The van der Waals surface area contributed by atoms with Crippen molar-refractivity contribution in [2.24, 2.45) is 0 Å². The van der Waals surface area contributed by atoms with E-state index in [4.69, 9.17) is 0 Å². The van der Waals surface area contributed by atoms with Crippen molar-refractivity contribution in [1.82, 2.24) is 10.2 Å². The fourth-order valence-electron chi connectivity index (χ4n) is 3.70. The Hall–Kier alpha value is -4.11. The van der Waals surface area contributed by atoms with Gasteiger partial charge in [0.2, 0.25) is 0 Å². The van der Waals surface area contributed by atoms with E-state index >= 15 is 0 Å². The third-order valence-corrected chi connectivity index (χ3v) is 7.66. The molecule has 1 amide bonds. The SMILES string of the molecule is CCN(c1ccccc1)S(=O)(=O)c1ccc(NC(=O)c2cc(-c3cc(C)c(C)cc3O)n[nH]2)cc1. The summed E-state index contributed by atoms with van der Waals surface area (Å²) in [7, 11) is -3.76. The van der Waals surface area contributed by atoms with Gasteiger partial charge in [0.05, 0.1) is 16.3 Å². The molecule has 0 radical (unpaired) electrons. The van der Waals surface area contributed by atoms with Gasteiger partial charge >= 0.3 is 0 Å². The standard InChI is InChI=1S/C26H26N4O4S/c1-4-30(20-8-6-5-7-9-20)35(33,34)21-12-10-19(11-13-21)27-26(32)24-16-23(28-29-24)22-14-17(2)18(3)15-25(22)31/h5-16,31H,4H2,1-3H3,(H,27,32)(H,28,29). The van der Waals surface area contributed by atoms with Crippen molar-refractivity contribution in [3.05, 3.63) is 89.6 Å². The number of hydrogen-bond acceptors (Lipinski definition) is 5. The molecule has 3 N–H and O–H groups in total. The quantitative estimate of drug-likeness (QED) is 0.342. The molecule has 0 bridgehead atoms. The largest absolute Gasteiger partial charge is 0.507 e. The molecule has 0 saturated carbocycles. The van der Waals surface area contributed by atoms with Gasteiger partial charge in [-0.1, -0.05) is 18.2 Å². The number of para-hydroxylation sites is 1. The number of H-pyrrole nitrogens is 1. The zero-order valence-corrected chi connectivity index (χ0v) is 20.4. The number of sulfonamides is 1. The third kappa shape index (κ3) is 4.90. The predicted molar refractivity (Wildman–Crippen MR) is 136 cm³/mol. The van der Waals surface area contributed by atoms with Crippen LogP contribution in [0.3, 0.4) is 0 Å². The topological polar surface area (TPSA) is 115 Å². The Morgan fingerprint density at radius 2 is 1.66 bits per heavy atom. The van der Waals surface area contributed by atoms with Crippen LogP contribution in [0.1, 0.15) is 28.5 Å². The van der Waals surface area contributed by atoms with E-state index < -0.39 is 15.9 Å². The fraction of sp³-hybridized carbons (Fsp3) is 0.154. The number of nitrogens with zero attached hydrogens (tertiary/aromatic N) is 2. The average molecular weight is 491 g/mol. The number of phenolic OH excluding ortho intramolecular Hbond substituents is 1. The van der Waals surface area contributed by atoms with Crippen LogP contribution in [0, 0.1) is 13.8 Å². The number of amides is 1. The molecule has 9 heteroatoms. The van der Waals surface area contributed by atoms with Crippen LogP contribution in [0.5, 0.6) is 5.75 Å². The zero-order valence-electron chi connectivity index (χ0n) is 19.6. The number of aromatic amines is 1. The Kier molecular flexibility index (Phi) is 6.61. The van der Waals surface area contributed by atoms with Crippen molar-refractivity contribution in [2.75, 3.05) is 16.2 Å². The number of aromatic nitrogens is 2. The second-order valence-corrected chi connectivity index (χ2v) is 9.97. The highest BCUT2D eigenvalue weighted by molar-refractivity contribution is 7.92. The summed E-state index contributed by atoms with van der Waals surface area (Å²) in [5.41, 5.74) is 4.14. The maximum absolute atomic E-state index is 13.1. The van der Waals surface area contributed by atoms with Crippen LogP contribution >= 0.6 is 0 Å². The average Bonchev–Trinajstić information content (AvgIpc) is 3.33. The number of anilines is 2. The lowest BCUT2D eigenvalue weighted by molar-refractivity contribution is 0.102. The number of benzene rings is 3. The lowest BCUT2D eigenvalue weighted by atomic mass is 10.0. The van der Waals surface area contributed by atoms with Gasteiger partial charge in [0.25, 0.3) is 15.9 Å². The van der Waals surface area contributed by atoms with E-state index in [2.05, 4.69) is 15.5 Å². The monoisotopic (exact) mass is 490 g/mol. The minimum absolute atomic E-state index is 0.0833. The first-order valence-electron chi connectivity index (χ1n) is 11.1. The lowest BCUT2D eigenvalue weighted by Crippen LogP contribution is -2.30. The van der Waals surface area contributed by atoms with Crippen LogP contribution < -0.4 is 9.62 Å². The van der Waals surface area contributed by atoms with Gasteiger partial charge in [0, 0.05) is 17.8 Å². The molecule has 0 unspecified atom stereocenters. The lowest BCUT2D eigenvalue weighted by Gasteiger charge is -2.23. The number of hydrogen-bond donors (Lipinski definition) is 3. The summed E-state index contributed by atoms with van der Waals surface area (Å²) in [6.45, 7) is 5.89. The van der Waals surface area contributed by atoms with E-state index in [1.807, 2.05) is 26.0 Å². The molecule has 1 aromatic heterocycles. The van der Waals surface area contributed by atoms with Gasteiger partial charge in [-0.2, -0.15) is 5.10 Å². The first kappa shape index (κ1) is 24.0. The molecular weight excluding hydrogens is 464 g/mol. The number of aromatic hydroxyl groups is 1. The predicted octanol–water partition coefficient (Wildman–Crippen LogP) is 4.87. The number of nitrogens with one attached hydrogen (secondary N) is 2. The summed E-state index contributed by atoms with van der Waals surface area (Å²) < 4.78 is 27.6. The van der Waals surface area contributed by atoms with Crippen LogP contribution in [0.2, 0.25) is 0 Å². The van der Waals surface area contributed by atoms with Gasteiger partial charge in [-0.15, -0.1) is 0 Å². The van der Waals surface area contributed by atoms with Crippen LogP contribution in [0.4, 0.5) is 11.4 Å². The highest BCUT2D eigenvalue weighted by Gasteiger charge is 2.23. The summed E-state index contributed by atoms with van der Waals surface area (Å²) >= 11 is 0. The van der Waals surface area contributed by atoms with Crippen LogP contribution in [0.15, 0.2) is 77.7 Å². The number of phenols is 1. The minimum Gasteiger partial charge on any atom is -0.507 e. The summed E-state index contributed by atoms with van der Waals surface area (Å²) in [6, 6.07) is 19.9. The minimum atomic E-state index is -3.76. The molecule has 4 rings (SSSR count). The molecule has 3 aromatic carbocycles. The Morgan fingerprint density at radius 1 is 1.00 bits per heavy atom. The Bertz CT molecular complexity index is 1460. The number of carbonyl (C=O) groups is 1. The van der Waals surface area contributed by atoms with Crippen molar-refractivity contribution in [2.45, 2.75) is 25.7 Å². The van der Waals surface area contributed by atoms with E-state index in [9.17, 15) is 18.3 Å². The summed E-state index contributed by atoms with van der Waals surface area (Å²) in [5, 5.41) is 19.8. The van der Waals surface area contributed by atoms with Crippen molar-refractivity contribution in [3.63, 3.8) is 0 Å². The molecule has 0 aliphatic heterocycles. The van der Waals surface area contributed by atoms with E-state index in [0.29, 0.717) is 22.6 Å². The van der Waals surface area contributed by atoms with Gasteiger partial charge in [-0.25, -0.2) is 8.42 Å². The Morgan fingerprint density at radius 3 is 2.31 bits per heavy atom. The number of carbonyl (C=O) groups excluding carboxylic acids is 1. The molecule has 4 aromatic rings. The second-order valence-electron chi connectivity index (χ2n) is 8.10. The summed E-state index contributed by atoms with van der Waals surface area (Å²) in [6.07, 6.45) is 0. The first-order valence-corrected chi connectivity index (χ1v) is 12.5. The smallest absolute Gasteiger partial charge is 0.273 e. The van der Waals surface area contributed by atoms with Gasteiger partial charge in [0.1, 0.15) is 11.4 Å². The molecule has 180 valence electrons. The van der Waals surface area contributed by atoms with Gasteiger partial charge < -0.3 is 10.4 Å². The molecule has 35 heavy (non-hydrogen) atoms. The molecule has 0 aliphatic rings. The molecular formula is C26H26N4O4S. The fourth-order valence-corrected chi connectivity index (χ4v) is 5.18. The van der Waals surface area contributed by atoms with E-state index in [1.165, 1.54) is 28.6 Å². The highest BCUT2D eigenvalue weighted by Crippen LogP contribution is 2.31. The van der Waals surface area contributed by atoms with Gasteiger partial charge in [-0.05, 0) is 86.5 Å². The molecule has 0 fully saturated rings. The summed E-state index contributed by atoms with van der Waals surface area (Å²) in [4.78, 5) is 12.8. The van der Waals surface area contributed by atoms with Crippen LogP contribution in [-0.4, -0.2) is 36.2 Å². The van der Waals surface area contributed by atoms with Gasteiger partial charge in [-0.3, -0.25) is 14.2 Å².